The number of hydrogen-bond acceptors (Lipinski definition) is 6. The van der Waals surface area contributed by atoms with Gasteiger partial charge in [0, 0.05) is 33.6 Å². The quantitative estimate of drug-likeness (QED) is 0.760. The number of nitriles is 1. The molecule has 2 aliphatic rings. The highest BCUT2D eigenvalue weighted by molar-refractivity contribution is 7.12. The maximum atomic E-state index is 12.9. The molecule has 136 valence electrons. The van der Waals surface area contributed by atoms with E-state index in [1.54, 1.807) is 34.6 Å². The number of thiophene rings is 1. The number of aromatic nitrogens is 1. The first kappa shape index (κ1) is 17.8. The Morgan fingerprint density at radius 2 is 2.19 bits per heavy atom. The SMILES string of the molecule is Cc1ccc([C@@H]2C(C#N)=C(N)N(c3cccnc3Cl)C3=C2C(=O)CCC3)s1. The van der Waals surface area contributed by atoms with Crippen molar-refractivity contribution in [3.8, 4) is 6.07 Å². The van der Waals surface area contributed by atoms with Crippen LogP contribution in [0.4, 0.5) is 5.69 Å². The molecule has 1 aliphatic carbocycles. The lowest BCUT2D eigenvalue weighted by atomic mass is 9.78. The lowest BCUT2D eigenvalue weighted by Crippen LogP contribution is -2.38. The summed E-state index contributed by atoms with van der Waals surface area (Å²) in [5, 5.41) is 10.2. The Balaban J connectivity index is 1.99. The maximum Gasteiger partial charge on any atom is 0.161 e. The van der Waals surface area contributed by atoms with Gasteiger partial charge in [-0.1, -0.05) is 11.6 Å². The third-order valence-electron chi connectivity index (χ3n) is 4.94. The van der Waals surface area contributed by atoms with Crippen LogP contribution in [0.1, 0.15) is 34.9 Å². The van der Waals surface area contributed by atoms with Crippen molar-refractivity contribution in [1.29, 1.82) is 5.26 Å². The van der Waals surface area contributed by atoms with Crippen LogP contribution >= 0.6 is 22.9 Å². The third kappa shape index (κ3) is 2.84. The molecule has 5 nitrogen and oxygen atoms in total. The van der Waals surface area contributed by atoms with Crippen LogP contribution in [0.5, 0.6) is 0 Å². The molecular formula is C20H17ClN4OS. The molecule has 2 aromatic heterocycles. The number of ketones is 1. The molecule has 0 radical (unpaired) electrons. The lowest BCUT2D eigenvalue weighted by molar-refractivity contribution is -0.116. The highest BCUT2D eigenvalue weighted by Gasteiger charge is 2.41. The van der Waals surface area contributed by atoms with Gasteiger partial charge in [0.15, 0.2) is 10.9 Å². The van der Waals surface area contributed by atoms with Gasteiger partial charge in [0.05, 0.1) is 23.2 Å². The molecule has 4 rings (SSSR count). The van der Waals surface area contributed by atoms with Crippen molar-refractivity contribution >= 4 is 34.4 Å². The molecule has 3 heterocycles. The zero-order chi connectivity index (χ0) is 19.1. The standard InChI is InChI=1S/C20H17ClN4OS/c1-11-7-8-16(27-11)17-12(10-22)20(23)25(14-5-3-9-24-19(14)21)13-4-2-6-15(26)18(13)17/h3,5,7-9,17H,2,4,6,23H2,1H3/t17-/m0/s1. The molecule has 1 atom stereocenters. The number of hydrogen-bond donors (Lipinski definition) is 1. The van der Waals surface area contributed by atoms with E-state index in [0.29, 0.717) is 35.5 Å². The Hall–Kier alpha value is -2.62. The van der Waals surface area contributed by atoms with E-state index in [2.05, 4.69) is 11.1 Å². The number of carbonyl (C=O) groups is 1. The summed E-state index contributed by atoms with van der Waals surface area (Å²) in [6.45, 7) is 2.01. The molecule has 0 spiro atoms. The van der Waals surface area contributed by atoms with Gasteiger partial charge < -0.3 is 5.73 Å². The van der Waals surface area contributed by atoms with Gasteiger partial charge in [-0.25, -0.2) is 4.98 Å². The van der Waals surface area contributed by atoms with Crippen molar-refractivity contribution in [2.45, 2.75) is 32.1 Å². The molecule has 0 saturated carbocycles. The van der Waals surface area contributed by atoms with Gasteiger partial charge in [-0.05, 0) is 44.0 Å². The predicted octanol–water partition coefficient (Wildman–Crippen LogP) is 4.41. The van der Waals surface area contributed by atoms with E-state index in [1.165, 1.54) is 0 Å². The highest BCUT2D eigenvalue weighted by atomic mass is 35.5. The van der Waals surface area contributed by atoms with Crippen LogP contribution in [0.25, 0.3) is 0 Å². The van der Waals surface area contributed by atoms with E-state index in [-0.39, 0.29) is 10.9 Å². The summed E-state index contributed by atoms with van der Waals surface area (Å²) < 4.78 is 0. The number of pyridine rings is 1. The van der Waals surface area contributed by atoms with Crippen molar-refractivity contribution < 1.29 is 4.79 Å². The normalized spacial score (nSPS) is 20.0. The summed E-state index contributed by atoms with van der Waals surface area (Å²) in [5.74, 6) is -0.0299. The topological polar surface area (TPSA) is 83.0 Å². The van der Waals surface area contributed by atoms with Crippen LogP contribution < -0.4 is 10.6 Å². The van der Waals surface area contributed by atoms with Gasteiger partial charge in [-0.2, -0.15) is 5.26 Å². The first-order chi connectivity index (χ1) is 13.0. The van der Waals surface area contributed by atoms with Gasteiger partial charge >= 0.3 is 0 Å². The third-order valence-corrected chi connectivity index (χ3v) is 6.30. The van der Waals surface area contributed by atoms with E-state index >= 15 is 0 Å². The van der Waals surface area contributed by atoms with Crippen LogP contribution in [0.2, 0.25) is 5.15 Å². The summed E-state index contributed by atoms with van der Waals surface area (Å²) >= 11 is 7.91. The number of nitrogens with zero attached hydrogens (tertiary/aromatic N) is 3. The summed E-state index contributed by atoms with van der Waals surface area (Å²) in [6, 6.07) is 9.80. The van der Waals surface area contributed by atoms with Crippen molar-refractivity contribution in [3.05, 3.63) is 68.0 Å². The number of allylic oxidation sites excluding steroid dienone is 3. The van der Waals surface area contributed by atoms with Gasteiger partial charge in [0.1, 0.15) is 5.82 Å². The molecule has 1 aliphatic heterocycles. The molecule has 0 aromatic carbocycles. The summed E-state index contributed by atoms with van der Waals surface area (Å²) in [4.78, 5) is 20.9. The van der Waals surface area contributed by atoms with Crippen LogP contribution in [-0.2, 0) is 4.79 Å². The maximum absolute atomic E-state index is 12.9. The highest BCUT2D eigenvalue weighted by Crippen LogP contribution is 2.48. The smallest absolute Gasteiger partial charge is 0.161 e. The summed E-state index contributed by atoms with van der Waals surface area (Å²) in [6.07, 6.45) is 3.52. The van der Waals surface area contributed by atoms with E-state index in [0.717, 1.165) is 21.9 Å². The minimum Gasteiger partial charge on any atom is -0.384 e. The second kappa shape index (κ2) is 6.84. The summed E-state index contributed by atoms with van der Waals surface area (Å²) in [7, 11) is 0. The lowest BCUT2D eigenvalue weighted by Gasteiger charge is -2.39. The average Bonchev–Trinajstić information content (AvgIpc) is 3.08. The molecule has 2 N–H and O–H groups in total. The van der Waals surface area contributed by atoms with Gasteiger partial charge in [0.2, 0.25) is 0 Å². The van der Waals surface area contributed by atoms with E-state index in [4.69, 9.17) is 17.3 Å². The fourth-order valence-corrected chi connectivity index (χ4v) is 5.00. The Bertz CT molecular complexity index is 1050. The second-order valence-corrected chi connectivity index (χ2v) is 8.26. The number of aryl methyl sites for hydroxylation is 1. The van der Waals surface area contributed by atoms with Crippen molar-refractivity contribution in [2.24, 2.45) is 5.73 Å². The first-order valence-electron chi connectivity index (χ1n) is 8.66. The number of carbonyl (C=O) groups excluding carboxylic acids is 1. The minimum atomic E-state index is -0.414. The van der Waals surface area contributed by atoms with Crippen molar-refractivity contribution in [1.82, 2.24) is 4.98 Å². The zero-order valence-electron chi connectivity index (χ0n) is 14.7. The molecule has 27 heavy (non-hydrogen) atoms. The van der Waals surface area contributed by atoms with E-state index in [1.807, 2.05) is 19.1 Å². The molecule has 0 saturated heterocycles. The Kier molecular flexibility index (Phi) is 4.50. The Labute approximate surface area is 166 Å². The monoisotopic (exact) mass is 396 g/mol. The molecule has 0 bridgehead atoms. The Morgan fingerprint density at radius 1 is 1.37 bits per heavy atom. The van der Waals surface area contributed by atoms with Gasteiger partial charge in [0.25, 0.3) is 0 Å². The number of halogens is 1. The fraction of sp³-hybridized carbons (Fsp3) is 0.250. The van der Waals surface area contributed by atoms with Crippen LogP contribution in [0.15, 0.2) is 53.1 Å². The molecule has 0 fully saturated rings. The van der Waals surface area contributed by atoms with Gasteiger partial charge in [-0.3, -0.25) is 9.69 Å². The molecule has 7 heteroatoms. The number of Topliss-reactive ketones (excluding diaryl/α,β-unsaturated/α-hetero) is 1. The Morgan fingerprint density at radius 3 is 2.85 bits per heavy atom. The summed E-state index contributed by atoms with van der Waals surface area (Å²) in [5.41, 5.74) is 8.94. The zero-order valence-corrected chi connectivity index (χ0v) is 16.3. The van der Waals surface area contributed by atoms with E-state index < -0.39 is 5.92 Å². The molecule has 0 amide bonds. The molecule has 2 aromatic rings. The molecular weight excluding hydrogens is 380 g/mol. The average molecular weight is 397 g/mol. The number of rotatable bonds is 2. The van der Waals surface area contributed by atoms with Crippen LogP contribution in [0.3, 0.4) is 0 Å². The van der Waals surface area contributed by atoms with Crippen molar-refractivity contribution in [2.75, 3.05) is 4.90 Å². The minimum absolute atomic E-state index is 0.0672. The van der Waals surface area contributed by atoms with Crippen LogP contribution in [-0.4, -0.2) is 10.8 Å². The van der Waals surface area contributed by atoms with Crippen molar-refractivity contribution in [3.63, 3.8) is 0 Å². The number of nitrogens with two attached hydrogens (primary N) is 1. The fourth-order valence-electron chi connectivity index (χ4n) is 3.80. The largest absolute Gasteiger partial charge is 0.384 e. The van der Waals surface area contributed by atoms with E-state index in [9.17, 15) is 10.1 Å². The number of anilines is 1. The second-order valence-electron chi connectivity index (χ2n) is 6.58. The van der Waals surface area contributed by atoms with Crippen LogP contribution in [0, 0.1) is 18.3 Å². The first-order valence-corrected chi connectivity index (χ1v) is 9.85. The predicted molar refractivity (Wildman–Crippen MR) is 106 cm³/mol. The van der Waals surface area contributed by atoms with Gasteiger partial charge in [-0.15, -0.1) is 11.3 Å². The molecule has 0 unspecified atom stereocenters.